The third kappa shape index (κ3) is 58.2. The van der Waals surface area contributed by atoms with Crippen molar-refractivity contribution < 1.29 is 4.48 Å². The highest BCUT2D eigenvalue weighted by Gasteiger charge is 2.22. The van der Waals surface area contributed by atoms with E-state index in [1.807, 2.05) is 0 Å². The highest BCUT2D eigenvalue weighted by molar-refractivity contribution is 4.75. The van der Waals surface area contributed by atoms with Gasteiger partial charge in [-0.1, -0.05) is 349 Å². The van der Waals surface area contributed by atoms with Crippen LogP contribution in [0.1, 0.15) is 407 Å². The van der Waals surface area contributed by atoms with Crippen LogP contribution in [0.5, 0.6) is 0 Å². The molecule has 1 aliphatic rings. The van der Waals surface area contributed by atoms with Crippen molar-refractivity contribution >= 4 is 0 Å². The summed E-state index contributed by atoms with van der Waals surface area (Å²) in [5.41, 5.74) is 0. The SMILES string of the molecule is CCCCCCCCCCCCCCCN(CCCCCCCCCCCC)CCN1CCN(CCCN(CCCCCCCCCCCC)CCC[N+](C)(CCCCCCCCCCCC)CCCCCCCCCCCCCCC)CC1. The number of unbranched alkanes of at least 4 members (excludes halogenated alkanes) is 51. The third-order valence-corrected chi connectivity index (χ3v) is 20.4. The van der Waals surface area contributed by atoms with Crippen molar-refractivity contribution in [3.05, 3.63) is 0 Å². The molecule has 5 heteroatoms. The zero-order valence-electron chi connectivity index (χ0n) is 59.9. The standard InChI is InChI=1S/C79H164N5/c1-7-12-17-22-27-32-37-39-41-45-50-55-60-67-81(66-59-54-49-44-35-30-25-20-15-10-4)71-74-83-75-72-82(73-76-83)69-63-68-80(65-58-53-48-43-34-29-24-19-14-9-3)70-64-79-84(6,77-61-56-51-46-36-31-26-21-16-11-5)78-62-57-52-47-42-40-38-33-28-23-18-13-8-2/h7-79H2,1-6H3/q+1. The fourth-order valence-corrected chi connectivity index (χ4v) is 14.2. The lowest BCUT2D eigenvalue weighted by molar-refractivity contribution is -0.910. The Morgan fingerprint density at radius 1 is 0.202 bits per heavy atom. The zero-order chi connectivity index (χ0) is 60.4. The van der Waals surface area contributed by atoms with Crippen LogP contribution in [0.4, 0.5) is 0 Å². The van der Waals surface area contributed by atoms with Gasteiger partial charge in [-0.25, -0.2) is 0 Å². The van der Waals surface area contributed by atoms with Crippen molar-refractivity contribution in [2.75, 3.05) is 105 Å². The summed E-state index contributed by atoms with van der Waals surface area (Å²) in [5, 5.41) is 0. The molecule has 504 valence electrons. The van der Waals surface area contributed by atoms with Gasteiger partial charge in [-0.2, -0.15) is 0 Å². The summed E-state index contributed by atoms with van der Waals surface area (Å²) in [4.78, 5) is 11.5. The number of hydrogen-bond donors (Lipinski definition) is 0. The molecule has 1 aliphatic heterocycles. The Labute approximate surface area is 533 Å². The van der Waals surface area contributed by atoms with Gasteiger partial charge in [0.25, 0.3) is 0 Å². The number of hydrogen-bond acceptors (Lipinski definition) is 4. The maximum atomic E-state index is 2.96. The molecule has 0 aromatic rings. The predicted molar refractivity (Wildman–Crippen MR) is 383 cm³/mol. The maximum absolute atomic E-state index is 2.96. The van der Waals surface area contributed by atoms with Crippen molar-refractivity contribution in [2.24, 2.45) is 0 Å². The Kier molecular flexibility index (Phi) is 65.4. The zero-order valence-corrected chi connectivity index (χ0v) is 59.9. The largest absolute Gasteiger partial charge is 0.326 e. The second-order valence-corrected chi connectivity index (χ2v) is 28.9. The van der Waals surface area contributed by atoms with Gasteiger partial charge in [0.1, 0.15) is 0 Å². The van der Waals surface area contributed by atoms with E-state index in [1.54, 1.807) is 0 Å². The molecule has 0 amide bonds. The lowest BCUT2D eigenvalue weighted by atomic mass is 10.0. The van der Waals surface area contributed by atoms with E-state index in [2.05, 4.69) is 61.3 Å². The highest BCUT2D eigenvalue weighted by Crippen LogP contribution is 2.20. The molecule has 1 unspecified atom stereocenters. The molecule has 84 heavy (non-hydrogen) atoms. The van der Waals surface area contributed by atoms with Gasteiger partial charge in [-0.15, -0.1) is 0 Å². The molecule has 1 fully saturated rings. The Hall–Kier alpha value is -0.200. The van der Waals surface area contributed by atoms with Gasteiger partial charge in [-0.05, 0) is 84.1 Å². The van der Waals surface area contributed by atoms with E-state index >= 15 is 0 Å². The first-order valence-corrected chi connectivity index (χ1v) is 40.2. The molecule has 0 N–H and O–H groups in total. The number of rotatable bonds is 72. The number of quaternary nitrogens is 1. The fourth-order valence-electron chi connectivity index (χ4n) is 14.2. The molecular weight excluding hydrogens is 1020 g/mol. The molecule has 1 atom stereocenters. The molecule has 1 rings (SSSR count). The average Bonchev–Trinajstić information content (AvgIpc) is 3.53. The van der Waals surface area contributed by atoms with Crippen LogP contribution in [0, 0.1) is 0 Å². The molecule has 0 bridgehead atoms. The van der Waals surface area contributed by atoms with Crippen LogP contribution < -0.4 is 0 Å². The van der Waals surface area contributed by atoms with Crippen molar-refractivity contribution in [1.29, 1.82) is 0 Å². The minimum atomic E-state index is 1.28. The van der Waals surface area contributed by atoms with Gasteiger partial charge in [0.05, 0.1) is 26.7 Å². The molecule has 0 aromatic heterocycles. The Morgan fingerprint density at radius 2 is 0.393 bits per heavy atom. The summed E-state index contributed by atoms with van der Waals surface area (Å²) in [6, 6.07) is 0. The minimum Gasteiger partial charge on any atom is -0.326 e. The minimum absolute atomic E-state index is 1.28. The first-order valence-electron chi connectivity index (χ1n) is 40.2. The summed E-state index contributed by atoms with van der Waals surface area (Å²) in [7, 11) is 2.68. The second kappa shape index (κ2) is 67.2. The number of piperazine rings is 1. The topological polar surface area (TPSA) is 13.0 Å². The first-order chi connectivity index (χ1) is 41.5. The van der Waals surface area contributed by atoms with Crippen LogP contribution in [0.3, 0.4) is 0 Å². The van der Waals surface area contributed by atoms with Crippen molar-refractivity contribution in [3.63, 3.8) is 0 Å². The summed E-state index contributed by atoms with van der Waals surface area (Å²) in [6.45, 7) is 31.5. The molecular formula is C79H164N5+. The third-order valence-electron chi connectivity index (χ3n) is 20.4. The van der Waals surface area contributed by atoms with Crippen LogP contribution in [0.2, 0.25) is 0 Å². The Balaban J connectivity index is 2.71. The van der Waals surface area contributed by atoms with Gasteiger partial charge in [-0.3, -0.25) is 4.90 Å². The molecule has 0 spiro atoms. The van der Waals surface area contributed by atoms with Crippen molar-refractivity contribution in [3.8, 4) is 0 Å². The van der Waals surface area contributed by atoms with E-state index in [4.69, 9.17) is 0 Å². The van der Waals surface area contributed by atoms with E-state index in [9.17, 15) is 0 Å². The molecule has 0 radical (unpaired) electrons. The smallest absolute Gasteiger partial charge is 0.0796 e. The Bertz CT molecular complexity index is 1200. The van der Waals surface area contributed by atoms with E-state index in [-0.39, 0.29) is 0 Å². The van der Waals surface area contributed by atoms with Crippen LogP contribution in [0.15, 0.2) is 0 Å². The molecule has 0 aromatic carbocycles. The summed E-state index contributed by atoms with van der Waals surface area (Å²) in [6.07, 6.45) is 83.9. The lowest BCUT2D eigenvalue weighted by Crippen LogP contribution is -2.49. The van der Waals surface area contributed by atoms with E-state index in [0.29, 0.717) is 0 Å². The molecule has 1 saturated heterocycles. The van der Waals surface area contributed by atoms with Crippen LogP contribution in [-0.2, 0) is 0 Å². The maximum Gasteiger partial charge on any atom is 0.0796 e. The molecule has 1 heterocycles. The monoisotopic (exact) mass is 1180 g/mol. The molecule has 0 saturated carbocycles. The second-order valence-electron chi connectivity index (χ2n) is 28.9. The average molecular weight is 1180 g/mol. The first kappa shape index (κ1) is 81.8. The van der Waals surface area contributed by atoms with Gasteiger partial charge < -0.3 is 19.2 Å². The quantitative estimate of drug-likeness (QED) is 0.0444. The van der Waals surface area contributed by atoms with E-state index < -0.39 is 0 Å². The van der Waals surface area contributed by atoms with Gasteiger partial charge in [0.15, 0.2) is 0 Å². The molecule has 0 aliphatic carbocycles. The summed E-state index contributed by atoms with van der Waals surface area (Å²) in [5.74, 6) is 0. The van der Waals surface area contributed by atoms with Gasteiger partial charge >= 0.3 is 0 Å². The fraction of sp³-hybridized carbons (Fsp3) is 1.00. The highest BCUT2D eigenvalue weighted by atomic mass is 15.3. The molecule has 5 nitrogen and oxygen atoms in total. The van der Waals surface area contributed by atoms with Crippen LogP contribution >= 0.6 is 0 Å². The Morgan fingerprint density at radius 3 is 0.667 bits per heavy atom. The predicted octanol–water partition coefficient (Wildman–Crippen LogP) is 24.4. The summed E-state index contributed by atoms with van der Waals surface area (Å²) < 4.78 is 1.34. The van der Waals surface area contributed by atoms with Crippen molar-refractivity contribution in [2.45, 2.75) is 407 Å². The van der Waals surface area contributed by atoms with Crippen LogP contribution in [0.25, 0.3) is 0 Å². The van der Waals surface area contributed by atoms with E-state index in [1.165, 1.54) is 475 Å². The van der Waals surface area contributed by atoms with Gasteiger partial charge in [0, 0.05) is 52.2 Å². The van der Waals surface area contributed by atoms with Crippen molar-refractivity contribution in [1.82, 2.24) is 19.6 Å². The lowest BCUT2D eigenvalue weighted by Gasteiger charge is -2.37. The summed E-state index contributed by atoms with van der Waals surface area (Å²) >= 11 is 0. The van der Waals surface area contributed by atoms with Crippen LogP contribution in [-0.4, -0.2) is 129 Å². The number of nitrogens with zero attached hydrogens (tertiary/aromatic N) is 5. The normalized spacial score (nSPS) is 14.3. The van der Waals surface area contributed by atoms with Gasteiger partial charge in [0.2, 0.25) is 0 Å². The van der Waals surface area contributed by atoms with E-state index in [0.717, 1.165) is 0 Å².